The fraction of sp³-hybridized carbons (Fsp3) is 0.909. The largest absolute Gasteiger partial charge is 0.373 e. The first kappa shape index (κ1) is 15.7. The Hall–Kier alpha value is -0.320. The van der Waals surface area contributed by atoms with Crippen LogP contribution in [0.4, 0.5) is 0 Å². The second kappa shape index (κ2) is 6.42. The zero-order valence-electron chi connectivity index (χ0n) is 10.3. The van der Waals surface area contributed by atoms with Gasteiger partial charge in [0.1, 0.15) is 0 Å². The van der Waals surface area contributed by atoms with Crippen LogP contribution < -0.4 is 11.1 Å². The van der Waals surface area contributed by atoms with Crippen LogP contribution in [0.3, 0.4) is 0 Å². The number of rotatable bonds is 4. The van der Waals surface area contributed by atoms with Crippen LogP contribution in [0.15, 0.2) is 0 Å². The van der Waals surface area contributed by atoms with E-state index in [1.165, 1.54) is 0 Å². The number of carbonyl (C=O) groups is 1. The number of nitrogens with two attached hydrogens (primary N) is 1. The zero-order chi connectivity index (χ0) is 11.5. The van der Waals surface area contributed by atoms with E-state index in [1.54, 1.807) is 0 Å². The monoisotopic (exact) mass is 250 g/mol. The molecule has 0 saturated carbocycles. The van der Waals surface area contributed by atoms with Crippen LogP contribution in [0, 0.1) is 5.92 Å². The predicted octanol–water partition coefficient (Wildman–Crippen LogP) is 1.08. The third-order valence-corrected chi connectivity index (χ3v) is 2.96. The molecule has 1 unspecified atom stereocenters. The first-order valence-corrected chi connectivity index (χ1v) is 5.62. The summed E-state index contributed by atoms with van der Waals surface area (Å²) in [5, 5.41) is 2.86. The number of hydrogen-bond donors (Lipinski definition) is 2. The molecule has 0 aromatic carbocycles. The van der Waals surface area contributed by atoms with E-state index in [4.69, 9.17) is 10.5 Å². The van der Waals surface area contributed by atoms with E-state index in [0.717, 1.165) is 19.4 Å². The number of hydrogen-bond acceptors (Lipinski definition) is 3. The Bertz CT molecular complexity index is 228. The quantitative estimate of drug-likeness (QED) is 0.785. The van der Waals surface area contributed by atoms with Gasteiger partial charge in [-0.15, -0.1) is 12.4 Å². The molecule has 1 rings (SSSR count). The molecule has 96 valence electrons. The van der Waals surface area contributed by atoms with Crippen LogP contribution >= 0.6 is 12.4 Å². The van der Waals surface area contributed by atoms with Crippen molar-refractivity contribution in [2.24, 2.45) is 11.7 Å². The summed E-state index contributed by atoms with van der Waals surface area (Å²) in [4.78, 5) is 11.6. The van der Waals surface area contributed by atoms with Gasteiger partial charge in [-0.2, -0.15) is 0 Å². The molecular formula is C11H23ClN2O2. The molecule has 0 radical (unpaired) electrons. The van der Waals surface area contributed by atoms with Gasteiger partial charge < -0.3 is 15.8 Å². The van der Waals surface area contributed by atoms with E-state index in [-0.39, 0.29) is 29.8 Å². The fourth-order valence-electron chi connectivity index (χ4n) is 1.67. The summed E-state index contributed by atoms with van der Waals surface area (Å²) in [6, 6.07) is -0.421. The van der Waals surface area contributed by atoms with Gasteiger partial charge in [0.2, 0.25) is 5.91 Å². The Morgan fingerprint density at radius 2 is 2.19 bits per heavy atom. The van der Waals surface area contributed by atoms with Crippen molar-refractivity contribution in [3.63, 3.8) is 0 Å². The molecule has 2 atom stereocenters. The summed E-state index contributed by atoms with van der Waals surface area (Å²) in [6.45, 7) is 7.27. The molecular weight excluding hydrogens is 228 g/mol. The van der Waals surface area contributed by atoms with Crippen molar-refractivity contribution in [1.82, 2.24) is 5.32 Å². The van der Waals surface area contributed by atoms with Crippen molar-refractivity contribution < 1.29 is 9.53 Å². The molecule has 1 heterocycles. The molecule has 1 aliphatic rings. The normalized spacial score (nSPS) is 26.3. The number of carbonyl (C=O) groups excluding carboxylic acids is 1. The van der Waals surface area contributed by atoms with Crippen LogP contribution in [-0.4, -0.2) is 30.7 Å². The van der Waals surface area contributed by atoms with Crippen molar-refractivity contribution in [2.45, 2.75) is 45.3 Å². The topological polar surface area (TPSA) is 64.4 Å². The fourth-order valence-corrected chi connectivity index (χ4v) is 1.67. The van der Waals surface area contributed by atoms with Gasteiger partial charge in [0.15, 0.2) is 0 Å². The Morgan fingerprint density at radius 1 is 1.56 bits per heavy atom. The molecule has 3 N–H and O–H groups in total. The van der Waals surface area contributed by atoms with Crippen molar-refractivity contribution in [1.29, 1.82) is 0 Å². The number of ether oxygens (including phenoxy) is 1. The minimum absolute atomic E-state index is 0. The van der Waals surface area contributed by atoms with E-state index in [0.29, 0.717) is 6.54 Å². The average Bonchev–Trinajstić information content (AvgIpc) is 2.61. The summed E-state index contributed by atoms with van der Waals surface area (Å²) in [5.41, 5.74) is 5.55. The first-order valence-electron chi connectivity index (χ1n) is 5.62. The molecule has 5 heteroatoms. The van der Waals surface area contributed by atoms with Gasteiger partial charge in [-0.25, -0.2) is 0 Å². The molecule has 0 aromatic rings. The highest BCUT2D eigenvalue weighted by molar-refractivity contribution is 5.85. The highest BCUT2D eigenvalue weighted by Gasteiger charge is 2.30. The van der Waals surface area contributed by atoms with Gasteiger partial charge in [-0.05, 0) is 25.7 Å². The average molecular weight is 251 g/mol. The Labute approximate surface area is 104 Å². The third kappa shape index (κ3) is 4.28. The van der Waals surface area contributed by atoms with Crippen molar-refractivity contribution in [3.05, 3.63) is 0 Å². The second-order valence-electron chi connectivity index (χ2n) is 4.89. The molecule has 1 amide bonds. The molecule has 4 nitrogen and oxygen atoms in total. The number of amides is 1. The van der Waals surface area contributed by atoms with Gasteiger partial charge >= 0.3 is 0 Å². The summed E-state index contributed by atoms with van der Waals surface area (Å²) in [6.07, 6.45) is 2.08. The van der Waals surface area contributed by atoms with Gasteiger partial charge in [0, 0.05) is 13.2 Å². The van der Waals surface area contributed by atoms with Gasteiger partial charge in [-0.1, -0.05) is 13.8 Å². The number of nitrogens with one attached hydrogen (secondary N) is 1. The molecule has 16 heavy (non-hydrogen) atoms. The molecule has 0 bridgehead atoms. The Morgan fingerprint density at radius 3 is 2.62 bits per heavy atom. The van der Waals surface area contributed by atoms with Crippen LogP contribution in [0.25, 0.3) is 0 Å². The standard InChI is InChI=1S/C11H22N2O2.ClH/c1-8(2)9(12)10(14)13-7-11(3)5-4-6-15-11;/h8-9H,4-7,12H2,1-3H3,(H,13,14);1H/t9-,11?;/m1./s1. The minimum Gasteiger partial charge on any atom is -0.373 e. The molecule has 1 fully saturated rings. The Kier molecular flexibility index (Phi) is 6.30. The molecule has 0 aromatic heterocycles. The van der Waals surface area contributed by atoms with Crippen LogP contribution in [0.1, 0.15) is 33.6 Å². The van der Waals surface area contributed by atoms with Crippen LogP contribution in [-0.2, 0) is 9.53 Å². The lowest BCUT2D eigenvalue weighted by molar-refractivity contribution is -0.124. The van der Waals surface area contributed by atoms with Gasteiger partial charge in [-0.3, -0.25) is 4.79 Å². The lowest BCUT2D eigenvalue weighted by Gasteiger charge is -2.25. The molecule has 0 spiro atoms. The smallest absolute Gasteiger partial charge is 0.237 e. The number of halogens is 1. The maximum Gasteiger partial charge on any atom is 0.237 e. The SMILES string of the molecule is CC(C)[C@@H](N)C(=O)NCC1(C)CCCO1.Cl. The van der Waals surface area contributed by atoms with Gasteiger partial charge in [0.25, 0.3) is 0 Å². The maximum atomic E-state index is 11.6. The van der Waals surface area contributed by atoms with E-state index >= 15 is 0 Å². The van der Waals surface area contributed by atoms with Crippen molar-refractivity contribution in [3.8, 4) is 0 Å². The van der Waals surface area contributed by atoms with Gasteiger partial charge in [0.05, 0.1) is 11.6 Å². The van der Waals surface area contributed by atoms with Crippen molar-refractivity contribution in [2.75, 3.05) is 13.2 Å². The van der Waals surface area contributed by atoms with E-state index in [9.17, 15) is 4.79 Å². The lowest BCUT2D eigenvalue weighted by Crippen LogP contribution is -2.48. The van der Waals surface area contributed by atoms with E-state index in [1.807, 2.05) is 20.8 Å². The van der Waals surface area contributed by atoms with Crippen molar-refractivity contribution >= 4 is 18.3 Å². The second-order valence-corrected chi connectivity index (χ2v) is 4.89. The zero-order valence-corrected chi connectivity index (χ0v) is 11.1. The highest BCUT2D eigenvalue weighted by atomic mass is 35.5. The first-order chi connectivity index (χ1) is 6.94. The molecule has 1 saturated heterocycles. The molecule has 1 aliphatic heterocycles. The van der Waals surface area contributed by atoms with Crippen LogP contribution in [0.2, 0.25) is 0 Å². The highest BCUT2D eigenvalue weighted by Crippen LogP contribution is 2.23. The summed E-state index contributed by atoms with van der Waals surface area (Å²) >= 11 is 0. The Balaban J connectivity index is 0.00000225. The van der Waals surface area contributed by atoms with E-state index < -0.39 is 6.04 Å². The van der Waals surface area contributed by atoms with E-state index in [2.05, 4.69) is 5.32 Å². The summed E-state index contributed by atoms with van der Waals surface area (Å²) in [7, 11) is 0. The van der Waals surface area contributed by atoms with Crippen LogP contribution in [0.5, 0.6) is 0 Å². The third-order valence-electron chi connectivity index (χ3n) is 2.96. The lowest BCUT2D eigenvalue weighted by atomic mass is 10.0. The minimum atomic E-state index is -0.421. The predicted molar refractivity (Wildman–Crippen MR) is 66.7 cm³/mol. The summed E-state index contributed by atoms with van der Waals surface area (Å²) < 4.78 is 5.58. The summed E-state index contributed by atoms with van der Waals surface area (Å²) in [5.74, 6) is 0.0871. The maximum absolute atomic E-state index is 11.6. The molecule has 0 aliphatic carbocycles.